The highest BCUT2D eigenvalue weighted by molar-refractivity contribution is 4.83. The smallest absolute Gasteiger partial charge is 0.223 e. The summed E-state index contributed by atoms with van der Waals surface area (Å²) in [5.41, 5.74) is 0. The monoisotopic (exact) mass is 199 g/mol. The molecule has 1 N–H and O–H groups in total. The first-order valence-corrected chi connectivity index (χ1v) is 4.73. The molecule has 0 radical (unpaired) electrons. The molecule has 1 unspecified atom stereocenters. The lowest BCUT2D eigenvalue weighted by Crippen LogP contribution is -2.22. The van der Waals surface area contributed by atoms with Crippen LogP contribution in [0.15, 0.2) is 4.52 Å². The maximum absolute atomic E-state index is 9.10. The van der Waals surface area contributed by atoms with Crippen LogP contribution in [0.1, 0.15) is 25.1 Å². The van der Waals surface area contributed by atoms with Crippen LogP contribution in [0.2, 0.25) is 0 Å². The summed E-state index contributed by atoms with van der Waals surface area (Å²) in [7, 11) is 1.97. The van der Waals surface area contributed by atoms with E-state index in [0.717, 1.165) is 13.0 Å². The van der Waals surface area contributed by atoms with E-state index in [1.54, 1.807) is 13.8 Å². The lowest BCUT2D eigenvalue weighted by molar-refractivity contribution is 0.161. The first-order chi connectivity index (χ1) is 6.58. The molecule has 0 fully saturated rings. The zero-order chi connectivity index (χ0) is 10.6. The van der Waals surface area contributed by atoms with Gasteiger partial charge in [0.05, 0.1) is 12.6 Å². The summed E-state index contributed by atoms with van der Waals surface area (Å²) >= 11 is 0. The van der Waals surface area contributed by atoms with Crippen molar-refractivity contribution in [2.24, 2.45) is 0 Å². The van der Waals surface area contributed by atoms with Crippen molar-refractivity contribution in [2.75, 3.05) is 13.6 Å². The van der Waals surface area contributed by atoms with E-state index in [4.69, 9.17) is 9.63 Å². The Labute approximate surface area is 83.7 Å². The van der Waals surface area contributed by atoms with E-state index in [9.17, 15) is 0 Å². The van der Waals surface area contributed by atoms with Crippen LogP contribution in [-0.4, -0.2) is 39.8 Å². The largest absolute Gasteiger partial charge is 0.393 e. The van der Waals surface area contributed by atoms with E-state index in [0.29, 0.717) is 18.3 Å². The summed E-state index contributed by atoms with van der Waals surface area (Å²) in [6, 6.07) is 0. The molecule has 0 amide bonds. The van der Waals surface area contributed by atoms with Gasteiger partial charge in [-0.2, -0.15) is 4.98 Å². The fourth-order valence-electron chi connectivity index (χ4n) is 1.13. The van der Waals surface area contributed by atoms with Crippen LogP contribution in [0.3, 0.4) is 0 Å². The third kappa shape index (κ3) is 3.85. The van der Waals surface area contributed by atoms with Gasteiger partial charge in [-0.05, 0) is 20.4 Å². The number of aromatic nitrogens is 2. The van der Waals surface area contributed by atoms with Gasteiger partial charge in [-0.3, -0.25) is 4.90 Å². The molecule has 0 bridgehead atoms. The molecule has 0 saturated carbocycles. The number of aliphatic hydroxyl groups excluding tert-OH is 1. The molecule has 1 heterocycles. The maximum atomic E-state index is 9.10. The van der Waals surface area contributed by atoms with Crippen molar-refractivity contribution in [1.29, 1.82) is 0 Å². The van der Waals surface area contributed by atoms with Crippen LogP contribution in [0.25, 0.3) is 0 Å². The molecule has 0 aliphatic heterocycles. The standard InChI is InChI=1S/C9H17N3O2/c1-7(13)4-5-12(3)6-9-10-8(2)14-11-9/h7,13H,4-6H2,1-3H3. The van der Waals surface area contributed by atoms with Crippen LogP contribution in [-0.2, 0) is 6.54 Å². The topological polar surface area (TPSA) is 62.4 Å². The fourth-order valence-corrected chi connectivity index (χ4v) is 1.13. The molecular formula is C9H17N3O2. The number of hydrogen-bond donors (Lipinski definition) is 1. The number of aryl methyl sites for hydroxylation is 1. The van der Waals surface area contributed by atoms with Gasteiger partial charge in [0.15, 0.2) is 5.82 Å². The van der Waals surface area contributed by atoms with Crippen LogP contribution in [0.5, 0.6) is 0 Å². The number of nitrogens with zero attached hydrogens (tertiary/aromatic N) is 3. The van der Waals surface area contributed by atoms with Crippen molar-refractivity contribution in [3.8, 4) is 0 Å². The van der Waals surface area contributed by atoms with Crippen LogP contribution in [0.4, 0.5) is 0 Å². The van der Waals surface area contributed by atoms with Gasteiger partial charge in [0.1, 0.15) is 0 Å². The minimum absolute atomic E-state index is 0.260. The van der Waals surface area contributed by atoms with Crippen LogP contribution < -0.4 is 0 Å². The molecule has 80 valence electrons. The Bertz CT molecular complexity index is 273. The summed E-state index contributed by atoms with van der Waals surface area (Å²) < 4.78 is 4.85. The lowest BCUT2D eigenvalue weighted by Gasteiger charge is -2.14. The predicted molar refractivity (Wildman–Crippen MR) is 51.7 cm³/mol. The van der Waals surface area contributed by atoms with Crippen LogP contribution >= 0.6 is 0 Å². The second kappa shape index (κ2) is 5.07. The Hall–Kier alpha value is -0.940. The third-order valence-electron chi connectivity index (χ3n) is 1.91. The molecule has 1 aromatic heterocycles. The summed E-state index contributed by atoms with van der Waals surface area (Å²) in [5, 5.41) is 12.9. The predicted octanol–water partition coefficient (Wildman–Crippen LogP) is 0.581. The van der Waals surface area contributed by atoms with Crippen molar-refractivity contribution >= 4 is 0 Å². The summed E-state index contributed by atoms with van der Waals surface area (Å²) in [6.45, 7) is 5.04. The zero-order valence-corrected chi connectivity index (χ0v) is 8.90. The van der Waals surface area contributed by atoms with Crippen molar-refractivity contribution in [1.82, 2.24) is 15.0 Å². The maximum Gasteiger partial charge on any atom is 0.223 e. The van der Waals surface area contributed by atoms with Gasteiger partial charge in [-0.15, -0.1) is 0 Å². The van der Waals surface area contributed by atoms with Gasteiger partial charge in [0, 0.05) is 13.5 Å². The first kappa shape index (κ1) is 11.1. The summed E-state index contributed by atoms with van der Waals surface area (Å²) in [4.78, 5) is 6.15. The Balaban J connectivity index is 2.30. The Morgan fingerprint density at radius 3 is 2.79 bits per heavy atom. The van der Waals surface area contributed by atoms with Gasteiger partial charge in [0.25, 0.3) is 0 Å². The van der Waals surface area contributed by atoms with E-state index >= 15 is 0 Å². The second-order valence-corrected chi connectivity index (χ2v) is 3.61. The summed E-state index contributed by atoms with van der Waals surface area (Å²) in [5.74, 6) is 1.28. The van der Waals surface area contributed by atoms with E-state index < -0.39 is 0 Å². The van der Waals surface area contributed by atoms with E-state index in [2.05, 4.69) is 15.0 Å². The van der Waals surface area contributed by atoms with Crippen molar-refractivity contribution in [3.05, 3.63) is 11.7 Å². The van der Waals surface area contributed by atoms with Crippen LogP contribution in [0, 0.1) is 6.92 Å². The number of rotatable bonds is 5. The number of hydrogen-bond acceptors (Lipinski definition) is 5. The highest BCUT2D eigenvalue weighted by Gasteiger charge is 2.06. The molecule has 0 aliphatic rings. The van der Waals surface area contributed by atoms with E-state index in [1.165, 1.54) is 0 Å². The van der Waals surface area contributed by atoms with Crippen molar-refractivity contribution in [2.45, 2.75) is 32.9 Å². The SMILES string of the molecule is Cc1nc(CN(C)CCC(C)O)no1. The Morgan fingerprint density at radius 2 is 2.29 bits per heavy atom. The van der Waals surface area contributed by atoms with Gasteiger partial charge < -0.3 is 9.63 Å². The minimum atomic E-state index is -0.260. The fraction of sp³-hybridized carbons (Fsp3) is 0.778. The average molecular weight is 199 g/mol. The highest BCUT2D eigenvalue weighted by atomic mass is 16.5. The van der Waals surface area contributed by atoms with Gasteiger partial charge in [-0.1, -0.05) is 5.16 Å². The molecule has 0 spiro atoms. The molecule has 5 nitrogen and oxygen atoms in total. The Morgan fingerprint density at radius 1 is 1.57 bits per heavy atom. The van der Waals surface area contributed by atoms with Gasteiger partial charge >= 0.3 is 0 Å². The average Bonchev–Trinajstić information content (AvgIpc) is 2.48. The molecule has 14 heavy (non-hydrogen) atoms. The van der Waals surface area contributed by atoms with E-state index in [1.807, 2.05) is 7.05 Å². The second-order valence-electron chi connectivity index (χ2n) is 3.61. The minimum Gasteiger partial charge on any atom is -0.393 e. The molecule has 1 atom stereocenters. The highest BCUT2D eigenvalue weighted by Crippen LogP contribution is 2.00. The quantitative estimate of drug-likeness (QED) is 0.751. The first-order valence-electron chi connectivity index (χ1n) is 4.73. The lowest BCUT2D eigenvalue weighted by atomic mass is 10.3. The van der Waals surface area contributed by atoms with E-state index in [-0.39, 0.29) is 6.10 Å². The van der Waals surface area contributed by atoms with Gasteiger partial charge in [0.2, 0.25) is 5.89 Å². The molecule has 0 aromatic carbocycles. The molecule has 0 saturated heterocycles. The molecule has 1 aromatic rings. The van der Waals surface area contributed by atoms with Crippen molar-refractivity contribution in [3.63, 3.8) is 0 Å². The summed E-state index contributed by atoms with van der Waals surface area (Å²) in [6.07, 6.45) is 0.498. The molecule has 5 heteroatoms. The zero-order valence-electron chi connectivity index (χ0n) is 8.90. The van der Waals surface area contributed by atoms with Gasteiger partial charge in [-0.25, -0.2) is 0 Å². The normalized spacial score (nSPS) is 13.5. The number of aliphatic hydroxyl groups is 1. The third-order valence-corrected chi connectivity index (χ3v) is 1.91. The Kier molecular flexibility index (Phi) is 4.03. The molecular weight excluding hydrogens is 182 g/mol. The molecule has 0 aliphatic carbocycles. The molecule has 1 rings (SSSR count). The van der Waals surface area contributed by atoms with Crippen molar-refractivity contribution < 1.29 is 9.63 Å².